The lowest BCUT2D eigenvalue weighted by molar-refractivity contribution is 0.00642. The molecule has 3 aromatic heterocycles. The van der Waals surface area contributed by atoms with Crippen LogP contribution in [-0.4, -0.2) is 58.1 Å². The second-order valence-electron chi connectivity index (χ2n) is 9.32. The summed E-state index contributed by atoms with van der Waals surface area (Å²) in [4.78, 5) is 29.5. The Morgan fingerprint density at radius 3 is 2.50 bits per heavy atom. The Balaban J connectivity index is 1.87. The Bertz CT molecular complexity index is 1530. The topological polar surface area (TPSA) is 128 Å². The van der Waals surface area contributed by atoms with Crippen molar-refractivity contribution in [1.29, 1.82) is 0 Å². The lowest BCUT2D eigenvalue weighted by Crippen LogP contribution is -2.41. The molecular formula is C27H35FN6O5S. The van der Waals surface area contributed by atoms with Crippen LogP contribution in [0.5, 0.6) is 5.75 Å². The van der Waals surface area contributed by atoms with Crippen molar-refractivity contribution in [2.45, 2.75) is 51.8 Å². The standard InChI is InChI=1S/C27H35FN6O5S/c1-18-23-24(35)32(13-7-5-4-6-10-29)27(36)33(26(23)40-25(18)34-30-11-12-31-34)17-22(39-15-14-37-2)20-16-19(28)8-9-21(20)38-3/h8-9,11-12,16,22H,4-7,10,13-15,17,29H2,1-3H3/t22-/m0/s1. The van der Waals surface area contributed by atoms with Gasteiger partial charge < -0.3 is 19.9 Å². The maximum atomic E-state index is 14.4. The zero-order chi connectivity index (χ0) is 28.6. The number of ether oxygens (including phenoxy) is 3. The SMILES string of the molecule is COCCO[C@@H](Cn1c(=O)n(CCCCCCN)c(=O)c2c(C)c(-n3nccn3)sc21)c1cc(F)ccc1OC. The molecule has 0 amide bonds. The number of fused-ring (bicyclic) bond motifs is 1. The molecule has 0 fully saturated rings. The molecule has 0 spiro atoms. The molecule has 0 aliphatic rings. The molecule has 4 rings (SSSR count). The van der Waals surface area contributed by atoms with Gasteiger partial charge in [-0.25, -0.2) is 9.18 Å². The highest BCUT2D eigenvalue weighted by Gasteiger charge is 2.25. The number of aromatic nitrogens is 5. The maximum Gasteiger partial charge on any atom is 0.332 e. The molecule has 11 nitrogen and oxygen atoms in total. The number of hydrogen-bond acceptors (Lipinski definition) is 9. The van der Waals surface area contributed by atoms with Gasteiger partial charge in [-0.15, -0.1) is 4.80 Å². The number of methoxy groups -OCH3 is 2. The minimum absolute atomic E-state index is 0.0121. The van der Waals surface area contributed by atoms with Crippen LogP contribution in [0.2, 0.25) is 0 Å². The van der Waals surface area contributed by atoms with Crippen molar-refractivity contribution >= 4 is 21.6 Å². The van der Waals surface area contributed by atoms with Gasteiger partial charge in [0, 0.05) is 24.8 Å². The van der Waals surface area contributed by atoms with Crippen molar-refractivity contribution in [2.24, 2.45) is 5.73 Å². The van der Waals surface area contributed by atoms with Crippen molar-refractivity contribution < 1.29 is 18.6 Å². The molecule has 216 valence electrons. The highest BCUT2D eigenvalue weighted by atomic mass is 32.1. The van der Waals surface area contributed by atoms with E-state index in [1.807, 2.05) is 6.92 Å². The second kappa shape index (κ2) is 13.8. The molecular weight excluding hydrogens is 539 g/mol. The summed E-state index contributed by atoms with van der Waals surface area (Å²) < 4.78 is 34.0. The fourth-order valence-electron chi connectivity index (χ4n) is 4.66. The third-order valence-corrected chi connectivity index (χ3v) is 7.98. The van der Waals surface area contributed by atoms with Gasteiger partial charge in [-0.3, -0.25) is 13.9 Å². The predicted molar refractivity (Wildman–Crippen MR) is 151 cm³/mol. The fraction of sp³-hybridized carbons (Fsp3) is 0.481. The normalized spacial score (nSPS) is 12.3. The van der Waals surface area contributed by atoms with E-state index in [0.29, 0.717) is 51.7 Å². The van der Waals surface area contributed by atoms with Crippen LogP contribution < -0.4 is 21.7 Å². The average molecular weight is 575 g/mol. The lowest BCUT2D eigenvalue weighted by atomic mass is 10.1. The summed E-state index contributed by atoms with van der Waals surface area (Å²) in [6.45, 7) is 3.20. The number of rotatable bonds is 15. The summed E-state index contributed by atoms with van der Waals surface area (Å²) in [6.07, 6.45) is 5.63. The van der Waals surface area contributed by atoms with Crippen LogP contribution in [0, 0.1) is 12.7 Å². The number of nitrogens with zero attached hydrogens (tertiary/aromatic N) is 5. The third-order valence-electron chi connectivity index (χ3n) is 6.70. The van der Waals surface area contributed by atoms with Gasteiger partial charge in [0.05, 0.1) is 44.6 Å². The summed E-state index contributed by atoms with van der Waals surface area (Å²) >= 11 is 1.25. The van der Waals surface area contributed by atoms with Gasteiger partial charge in [0.2, 0.25) is 0 Å². The Morgan fingerprint density at radius 2 is 1.80 bits per heavy atom. The Labute approximate surface area is 234 Å². The van der Waals surface area contributed by atoms with Crippen LogP contribution in [0.1, 0.15) is 42.9 Å². The van der Waals surface area contributed by atoms with Crippen LogP contribution in [-0.2, 0) is 22.6 Å². The van der Waals surface area contributed by atoms with Crippen LogP contribution in [0.4, 0.5) is 4.39 Å². The second-order valence-corrected chi connectivity index (χ2v) is 10.3. The van der Waals surface area contributed by atoms with E-state index in [1.54, 1.807) is 19.5 Å². The van der Waals surface area contributed by atoms with Crippen molar-refractivity contribution in [3.8, 4) is 10.8 Å². The zero-order valence-electron chi connectivity index (χ0n) is 23.0. The van der Waals surface area contributed by atoms with Crippen LogP contribution in [0.25, 0.3) is 15.2 Å². The van der Waals surface area contributed by atoms with E-state index in [9.17, 15) is 14.0 Å². The summed E-state index contributed by atoms with van der Waals surface area (Å²) in [5.74, 6) is -0.0415. The number of thiophene rings is 1. The largest absolute Gasteiger partial charge is 0.496 e. The van der Waals surface area contributed by atoms with Gasteiger partial charge in [0.1, 0.15) is 27.5 Å². The molecule has 0 bridgehead atoms. The van der Waals surface area contributed by atoms with Gasteiger partial charge in [-0.05, 0) is 44.5 Å². The molecule has 0 saturated carbocycles. The van der Waals surface area contributed by atoms with E-state index >= 15 is 0 Å². The van der Waals surface area contributed by atoms with E-state index in [0.717, 1.165) is 19.3 Å². The molecule has 0 aliphatic carbocycles. The number of nitrogens with two attached hydrogens (primary N) is 1. The number of hydrogen-bond donors (Lipinski definition) is 1. The molecule has 0 saturated heterocycles. The van der Waals surface area contributed by atoms with Crippen LogP contribution in [0.3, 0.4) is 0 Å². The Morgan fingerprint density at radius 1 is 1.05 bits per heavy atom. The fourth-order valence-corrected chi connectivity index (χ4v) is 5.88. The maximum absolute atomic E-state index is 14.4. The molecule has 0 unspecified atom stereocenters. The first-order valence-corrected chi connectivity index (χ1v) is 14.0. The molecule has 2 N–H and O–H groups in total. The summed E-state index contributed by atoms with van der Waals surface area (Å²) in [7, 11) is 3.04. The number of aryl methyl sites for hydroxylation is 1. The predicted octanol–water partition coefficient (Wildman–Crippen LogP) is 3.18. The average Bonchev–Trinajstić information content (AvgIpc) is 3.60. The minimum atomic E-state index is -0.772. The van der Waals surface area contributed by atoms with Gasteiger partial charge in [-0.1, -0.05) is 24.2 Å². The number of halogens is 1. The summed E-state index contributed by atoms with van der Waals surface area (Å²) in [5.41, 5.74) is 5.90. The Hall–Kier alpha value is -3.39. The van der Waals surface area contributed by atoms with Gasteiger partial charge in [-0.2, -0.15) is 10.2 Å². The zero-order valence-corrected chi connectivity index (χ0v) is 23.8. The number of benzene rings is 1. The van der Waals surface area contributed by atoms with Crippen LogP contribution >= 0.6 is 11.3 Å². The molecule has 0 aliphatic heterocycles. The molecule has 1 atom stereocenters. The van der Waals surface area contributed by atoms with Crippen molar-refractivity contribution in [1.82, 2.24) is 24.1 Å². The molecule has 4 aromatic rings. The molecule has 3 heterocycles. The van der Waals surface area contributed by atoms with Crippen molar-refractivity contribution in [3.63, 3.8) is 0 Å². The highest BCUT2D eigenvalue weighted by Crippen LogP contribution is 2.33. The lowest BCUT2D eigenvalue weighted by Gasteiger charge is -2.22. The first-order chi connectivity index (χ1) is 19.4. The van der Waals surface area contributed by atoms with E-state index in [1.165, 1.54) is 50.6 Å². The van der Waals surface area contributed by atoms with Crippen molar-refractivity contribution in [3.05, 3.63) is 68.4 Å². The van der Waals surface area contributed by atoms with Gasteiger partial charge in [0.25, 0.3) is 5.56 Å². The van der Waals surface area contributed by atoms with Gasteiger partial charge >= 0.3 is 5.69 Å². The van der Waals surface area contributed by atoms with Crippen molar-refractivity contribution in [2.75, 3.05) is 34.0 Å². The van der Waals surface area contributed by atoms with Gasteiger partial charge in [0.15, 0.2) is 0 Å². The third kappa shape index (κ3) is 6.33. The quantitative estimate of drug-likeness (QED) is 0.215. The first kappa shape index (κ1) is 29.6. The highest BCUT2D eigenvalue weighted by molar-refractivity contribution is 7.21. The molecule has 13 heteroatoms. The first-order valence-electron chi connectivity index (χ1n) is 13.2. The Kier molecular flexibility index (Phi) is 10.2. The smallest absolute Gasteiger partial charge is 0.332 e. The molecule has 40 heavy (non-hydrogen) atoms. The van der Waals surface area contributed by atoms with Crippen LogP contribution in [0.15, 0.2) is 40.2 Å². The number of unbranched alkanes of at least 4 members (excludes halogenated alkanes) is 3. The summed E-state index contributed by atoms with van der Waals surface area (Å²) in [6, 6.07) is 4.16. The van der Waals surface area contributed by atoms with E-state index < -0.39 is 17.6 Å². The van der Waals surface area contributed by atoms with E-state index in [-0.39, 0.29) is 25.3 Å². The monoisotopic (exact) mass is 574 g/mol. The molecule has 1 aromatic carbocycles. The molecule has 0 radical (unpaired) electrons. The summed E-state index contributed by atoms with van der Waals surface area (Å²) in [5, 5.41) is 9.50. The van der Waals surface area contributed by atoms with E-state index in [4.69, 9.17) is 19.9 Å². The minimum Gasteiger partial charge on any atom is -0.496 e. The van der Waals surface area contributed by atoms with E-state index in [2.05, 4.69) is 10.2 Å².